The zero-order valence-corrected chi connectivity index (χ0v) is 21.1. The number of hydrogen-bond acceptors (Lipinski definition) is 4. The van der Waals surface area contributed by atoms with Gasteiger partial charge in [-0.3, -0.25) is 0 Å². The number of halogens is 15. The molecule has 0 bridgehead atoms. The first-order valence-electron chi connectivity index (χ1n) is 11.3. The first-order chi connectivity index (χ1) is 20.2. The summed E-state index contributed by atoms with van der Waals surface area (Å²) in [5.74, 6) is -43.8. The van der Waals surface area contributed by atoms with E-state index in [-0.39, 0.29) is 13.0 Å². The predicted molar refractivity (Wildman–Crippen MR) is 115 cm³/mol. The molecule has 2 atom stereocenters. The molecule has 0 spiro atoms. The molecule has 236 valence electrons. The lowest BCUT2D eigenvalue weighted by Crippen LogP contribution is -2.58. The molecule has 0 radical (unpaired) electrons. The fourth-order valence-corrected chi connectivity index (χ4v) is 5.16. The molecule has 1 aliphatic rings. The van der Waals surface area contributed by atoms with E-state index in [1.54, 1.807) is 0 Å². The van der Waals surface area contributed by atoms with Crippen LogP contribution in [0, 0.1) is 87.3 Å². The monoisotopic (exact) mass is 655 g/mol. The van der Waals surface area contributed by atoms with E-state index in [1.165, 1.54) is 0 Å². The van der Waals surface area contributed by atoms with Crippen molar-refractivity contribution in [2.24, 2.45) is 0 Å². The molecular formula is C24H9BF15NO3. The zero-order chi connectivity index (χ0) is 33.5. The van der Waals surface area contributed by atoms with Crippen LogP contribution in [0.15, 0.2) is 11.8 Å². The average molecular weight is 655 g/mol. The van der Waals surface area contributed by atoms with Gasteiger partial charge in [0.15, 0.2) is 69.8 Å². The molecule has 44 heavy (non-hydrogen) atoms. The second-order valence-corrected chi connectivity index (χ2v) is 9.18. The molecule has 3 aromatic carbocycles. The van der Waals surface area contributed by atoms with Gasteiger partial charge in [0.05, 0.1) is 11.1 Å². The third-order valence-corrected chi connectivity index (χ3v) is 6.91. The van der Waals surface area contributed by atoms with Crippen LogP contribution in [0.5, 0.6) is 0 Å². The molecule has 1 heterocycles. The standard InChI is InChI=1S/C24H9BF15NO3/c1-4-3-24(44-25(42)43,6-9(28)13(32)16(35)14(33)10(6)29)23(2,5-7(26)11(30)15(34)12(31)8(5)27)41(4)22-20(39)18(37)17(36)19(38)21(22)40/h3,42-43H,1-2H3. The van der Waals surface area contributed by atoms with Crippen molar-refractivity contribution in [2.75, 3.05) is 4.90 Å². The molecule has 2 unspecified atom stereocenters. The van der Waals surface area contributed by atoms with E-state index in [9.17, 15) is 49.6 Å². The molecule has 0 fully saturated rings. The van der Waals surface area contributed by atoms with Crippen molar-refractivity contribution in [3.8, 4) is 0 Å². The highest BCUT2D eigenvalue weighted by Crippen LogP contribution is 2.60. The van der Waals surface area contributed by atoms with Crippen molar-refractivity contribution in [2.45, 2.75) is 25.0 Å². The number of rotatable bonds is 5. The maximum absolute atomic E-state index is 15.4. The van der Waals surface area contributed by atoms with E-state index in [4.69, 9.17) is 0 Å². The maximum atomic E-state index is 15.4. The molecule has 0 saturated heterocycles. The van der Waals surface area contributed by atoms with Gasteiger partial charge in [-0.05, 0) is 19.9 Å². The normalized spacial score (nSPS) is 20.1. The third-order valence-electron chi connectivity index (χ3n) is 6.91. The van der Waals surface area contributed by atoms with Gasteiger partial charge in [-0.25, -0.2) is 65.9 Å². The molecule has 0 aromatic heterocycles. The van der Waals surface area contributed by atoms with Gasteiger partial charge in [0.1, 0.15) is 16.8 Å². The Morgan fingerprint density at radius 3 is 1.16 bits per heavy atom. The molecule has 2 N–H and O–H groups in total. The van der Waals surface area contributed by atoms with Crippen LogP contribution in [0.3, 0.4) is 0 Å². The van der Waals surface area contributed by atoms with Gasteiger partial charge in [0.2, 0.25) is 17.5 Å². The van der Waals surface area contributed by atoms with Gasteiger partial charge in [0.25, 0.3) is 0 Å². The Morgan fingerprint density at radius 1 is 0.523 bits per heavy atom. The lowest BCUT2D eigenvalue weighted by molar-refractivity contribution is -0.00770. The number of benzene rings is 3. The minimum atomic E-state index is -4.24. The van der Waals surface area contributed by atoms with Crippen LogP contribution >= 0.6 is 0 Å². The molecule has 3 aromatic rings. The van der Waals surface area contributed by atoms with Gasteiger partial charge in [0, 0.05) is 5.70 Å². The summed E-state index contributed by atoms with van der Waals surface area (Å²) in [6.07, 6.45) is -0.110. The minimum absolute atomic E-state index is 0.0171. The maximum Gasteiger partial charge on any atom is 0.634 e. The Bertz CT molecular complexity index is 1700. The van der Waals surface area contributed by atoms with Gasteiger partial charge in [-0.2, -0.15) is 0 Å². The summed E-state index contributed by atoms with van der Waals surface area (Å²) in [6, 6.07) is 0. The van der Waals surface area contributed by atoms with Gasteiger partial charge >= 0.3 is 7.32 Å². The molecule has 20 heteroatoms. The number of nitrogens with zero attached hydrogens (tertiary/aromatic N) is 1. The molecule has 0 amide bonds. The van der Waals surface area contributed by atoms with Crippen LogP contribution < -0.4 is 4.90 Å². The predicted octanol–water partition coefficient (Wildman–Crippen LogP) is 6.29. The van der Waals surface area contributed by atoms with Crippen molar-refractivity contribution in [1.82, 2.24) is 0 Å². The highest BCUT2D eigenvalue weighted by molar-refractivity contribution is 6.33. The van der Waals surface area contributed by atoms with Gasteiger partial charge in [-0.1, -0.05) is 0 Å². The zero-order valence-electron chi connectivity index (χ0n) is 21.1. The third kappa shape index (κ3) is 4.10. The van der Waals surface area contributed by atoms with Gasteiger partial charge in [-0.15, -0.1) is 0 Å². The summed E-state index contributed by atoms with van der Waals surface area (Å²) < 4.78 is 224. The summed E-state index contributed by atoms with van der Waals surface area (Å²) in [4.78, 5) is -0.540. The summed E-state index contributed by atoms with van der Waals surface area (Å²) in [5, 5.41) is 19.3. The fourth-order valence-electron chi connectivity index (χ4n) is 5.16. The van der Waals surface area contributed by atoms with E-state index in [1.807, 2.05) is 0 Å². The molecule has 4 nitrogen and oxygen atoms in total. The summed E-state index contributed by atoms with van der Waals surface area (Å²) >= 11 is 0. The minimum Gasteiger partial charge on any atom is -0.402 e. The van der Waals surface area contributed by atoms with E-state index < -0.39 is 133 Å². The Kier molecular flexibility index (Phi) is 7.96. The van der Waals surface area contributed by atoms with Crippen molar-refractivity contribution in [3.63, 3.8) is 0 Å². The lowest BCUT2D eigenvalue weighted by Gasteiger charge is -2.49. The number of anilines is 1. The highest BCUT2D eigenvalue weighted by Gasteiger charge is 2.66. The molecule has 0 aliphatic carbocycles. The molecular weight excluding hydrogens is 646 g/mol. The molecule has 4 rings (SSSR count). The fraction of sp³-hybridized carbons (Fsp3) is 0.167. The Labute approximate surface area is 234 Å². The van der Waals surface area contributed by atoms with Crippen LogP contribution in [0.2, 0.25) is 0 Å². The van der Waals surface area contributed by atoms with E-state index in [0.29, 0.717) is 6.92 Å². The first kappa shape index (κ1) is 33.0. The van der Waals surface area contributed by atoms with Crippen LogP contribution in [0.1, 0.15) is 25.0 Å². The smallest absolute Gasteiger partial charge is 0.402 e. The quantitative estimate of drug-likeness (QED) is 0.147. The van der Waals surface area contributed by atoms with Crippen molar-refractivity contribution >= 4 is 13.0 Å². The van der Waals surface area contributed by atoms with Crippen LogP contribution in [-0.4, -0.2) is 17.4 Å². The number of hydrogen-bond donors (Lipinski definition) is 2. The van der Waals surface area contributed by atoms with E-state index in [0.717, 1.165) is 0 Å². The second-order valence-electron chi connectivity index (χ2n) is 9.18. The van der Waals surface area contributed by atoms with Crippen LogP contribution in [-0.2, 0) is 15.8 Å². The first-order valence-corrected chi connectivity index (χ1v) is 11.3. The largest absolute Gasteiger partial charge is 0.634 e. The number of allylic oxidation sites excluding steroid dienone is 1. The highest BCUT2D eigenvalue weighted by atomic mass is 19.2. The van der Waals surface area contributed by atoms with Crippen molar-refractivity contribution in [3.05, 3.63) is 110 Å². The van der Waals surface area contributed by atoms with Crippen molar-refractivity contribution in [1.29, 1.82) is 0 Å². The lowest BCUT2D eigenvalue weighted by atomic mass is 9.70. The molecule has 0 saturated carbocycles. The van der Waals surface area contributed by atoms with E-state index in [2.05, 4.69) is 4.65 Å². The Morgan fingerprint density at radius 2 is 0.818 bits per heavy atom. The Balaban J connectivity index is 2.38. The average Bonchev–Trinajstić information content (AvgIpc) is 3.16. The van der Waals surface area contributed by atoms with Crippen molar-refractivity contribution < 1.29 is 80.6 Å². The summed E-state index contributed by atoms with van der Waals surface area (Å²) in [5.41, 5.74) is -17.0. The van der Waals surface area contributed by atoms with Crippen LogP contribution in [0.4, 0.5) is 71.5 Å². The van der Waals surface area contributed by atoms with E-state index >= 15 is 26.3 Å². The summed E-state index contributed by atoms with van der Waals surface area (Å²) in [6.45, 7) is 0.444. The summed E-state index contributed by atoms with van der Waals surface area (Å²) in [7, 11) is -3.56. The van der Waals surface area contributed by atoms with Gasteiger partial charge < -0.3 is 19.6 Å². The SMILES string of the molecule is CC1=CC(OB(O)O)(c2c(F)c(F)c(F)c(F)c2F)C(C)(c2c(F)c(F)c(F)c(F)c2F)N1c1c(F)c(F)c(F)c(F)c1F. The van der Waals surface area contributed by atoms with Crippen LogP contribution in [0.25, 0.3) is 0 Å². The second kappa shape index (κ2) is 10.6. The topological polar surface area (TPSA) is 52.9 Å². The molecule has 1 aliphatic heterocycles. The Hall–Kier alpha value is -3.91.